The van der Waals surface area contributed by atoms with Gasteiger partial charge >= 0.3 is 5.97 Å². The molecular formula is C15H32N2O4. The fourth-order valence-electron chi connectivity index (χ4n) is 1.46. The van der Waals surface area contributed by atoms with Crippen molar-refractivity contribution in [2.45, 2.75) is 59.3 Å². The van der Waals surface area contributed by atoms with E-state index < -0.39 is 0 Å². The summed E-state index contributed by atoms with van der Waals surface area (Å²) in [4.78, 5) is 10.8. The molecule has 1 aliphatic heterocycles. The Hall–Kier alpha value is -1.11. The molecule has 2 atom stereocenters. The smallest absolute Gasteiger partial charge is 0.319 e. The Kier molecular flexibility index (Phi) is 16.1. The lowest BCUT2D eigenvalue weighted by atomic mass is 10.2. The van der Waals surface area contributed by atoms with E-state index in [9.17, 15) is 4.79 Å². The Morgan fingerprint density at radius 1 is 1.38 bits per heavy atom. The number of carbonyl (C=O) groups is 1. The first kappa shape index (κ1) is 22.2. The van der Waals surface area contributed by atoms with Crippen LogP contribution in [-0.2, 0) is 14.3 Å². The molecule has 21 heavy (non-hydrogen) atoms. The number of aliphatic hydroxyl groups is 1. The quantitative estimate of drug-likeness (QED) is 0.667. The summed E-state index contributed by atoms with van der Waals surface area (Å²) in [5, 5.41) is 10.2. The lowest BCUT2D eigenvalue weighted by Gasteiger charge is -2.14. The maximum Gasteiger partial charge on any atom is 0.319 e. The van der Waals surface area contributed by atoms with Gasteiger partial charge in [-0.1, -0.05) is 25.8 Å². The second-order valence-corrected chi connectivity index (χ2v) is 4.81. The van der Waals surface area contributed by atoms with Crippen LogP contribution in [0.2, 0.25) is 0 Å². The molecule has 0 aliphatic carbocycles. The minimum atomic E-state index is -0.385. The highest BCUT2D eigenvalue weighted by Gasteiger charge is 2.25. The molecule has 0 saturated carbocycles. The molecule has 1 rings (SSSR count). The lowest BCUT2D eigenvalue weighted by Crippen LogP contribution is -2.27. The van der Waals surface area contributed by atoms with Crippen LogP contribution in [0.25, 0.3) is 0 Å². The Morgan fingerprint density at radius 2 is 1.95 bits per heavy atom. The number of nitrogens with one attached hydrogen (secondary N) is 1. The van der Waals surface area contributed by atoms with Gasteiger partial charge in [0.05, 0.1) is 12.6 Å². The number of hydrogen-bond donors (Lipinski definition) is 3. The van der Waals surface area contributed by atoms with E-state index in [-0.39, 0.29) is 24.8 Å². The summed E-state index contributed by atoms with van der Waals surface area (Å²) in [6.45, 7) is 8.50. The topological polar surface area (TPSA) is 93.8 Å². The molecule has 0 amide bonds. The summed E-state index contributed by atoms with van der Waals surface area (Å²) in [6, 6.07) is 0. The van der Waals surface area contributed by atoms with Crippen LogP contribution in [0.3, 0.4) is 0 Å². The van der Waals surface area contributed by atoms with E-state index in [1.807, 2.05) is 20.0 Å². The van der Waals surface area contributed by atoms with E-state index in [2.05, 4.69) is 19.2 Å². The first-order chi connectivity index (χ1) is 10.0. The number of carbonyl (C=O) groups excluding carboxylic acids is 1. The summed E-state index contributed by atoms with van der Waals surface area (Å²) < 4.78 is 10.5. The molecule has 1 heterocycles. The van der Waals surface area contributed by atoms with Crippen LogP contribution in [0.4, 0.5) is 0 Å². The van der Waals surface area contributed by atoms with E-state index in [1.54, 1.807) is 0 Å². The third-order valence-electron chi connectivity index (χ3n) is 2.26. The van der Waals surface area contributed by atoms with Gasteiger partial charge in [0.25, 0.3) is 0 Å². The Morgan fingerprint density at radius 3 is 2.43 bits per heavy atom. The van der Waals surface area contributed by atoms with Gasteiger partial charge in [0.2, 0.25) is 0 Å². The average Bonchev–Trinajstić information content (AvgIpc) is 2.93. The molecule has 0 bridgehead atoms. The monoisotopic (exact) mass is 304 g/mol. The molecule has 6 heteroatoms. The predicted molar refractivity (Wildman–Crippen MR) is 84.6 cm³/mol. The van der Waals surface area contributed by atoms with E-state index in [0.29, 0.717) is 6.61 Å². The van der Waals surface area contributed by atoms with Crippen LogP contribution in [0.15, 0.2) is 11.8 Å². The van der Waals surface area contributed by atoms with Crippen LogP contribution >= 0.6 is 0 Å². The van der Waals surface area contributed by atoms with Crippen molar-refractivity contribution in [1.82, 2.24) is 5.32 Å². The Balaban J connectivity index is 0. The fourth-order valence-corrected chi connectivity index (χ4v) is 1.46. The van der Waals surface area contributed by atoms with Crippen molar-refractivity contribution in [1.29, 1.82) is 0 Å². The van der Waals surface area contributed by atoms with Gasteiger partial charge < -0.3 is 25.6 Å². The lowest BCUT2D eigenvalue weighted by molar-refractivity contribution is -0.146. The molecular weight excluding hydrogens is 272 g/mol. The van der Waals surface area contributed by atoms with Crippen LogP contribution in [-0.4, -0.2) is 43.7 Å². The van der Waals surface area contributed by atoms with E-state index in [4.69, 9.17) is 20.3 Å². The highest BCUT2D eigenvalue weighted by atomic mass is 16.6. The van der Waals surface area contributed by atoms with Crippen LogP contribution in [0.1, 0.15) is 47.0 Å². The van der Waals surface area contributed by atoms with Gasteiger partial charge in [0, 0.05) is 7.11 Å². The molecule has 126 valence electrons. The van der Waals surface area contributed by atoms with Crippen molar-refractivity contribution < 1.29 is 19.4 Å². The van der Waals surface area contributed by atoms with Gasteiger partial charge in [-0.25, -0.2) is 0 Å². The van der Waals surface area contributed by atoms with Gasteiger partial charge in [0.15, 0.2) is 0 Å². The van der Waals surface area contributed by atoms with Gasteiger partial charge in [0.1, 0.15) is 12.8 Å². The summed E-state index contributed by atoms with van der Waals surface area (Å²) in [6.07, 6.45) is 5.01. The van der Waals surface area contributed by atoms with Crippen molar-refractivity contribution in [3.8, 4) is 0 Å². The van der Waals surface area contributed by atoms with Gasteiger partial charge in [-0.05, 0) is 32.9 Å². The number of rotatable bonds is 5. The molecule has 6 nitrogen and oxygen atoms in total. The third kappa shape index (κ3) is 13.6. The zero-order valence-corrected chi connectivity index (χ0v) is 14.0. The van der Waals surface area contributed by atoms with Crippen molar-refractivity contribution in [3.05, 3.63) is 11.8 Å². The zero-order chi connectivity index (χ0) is 16.7. The maximum absolute atomic E-state index is 10.8. The van der Waals surface area contributed by atoms with E-state index in [0.717, 1.165) is 20.0 Å². The number of hydrogen-bond acceptors (Lipinski definition) is 6. The molecule has 1 saturated heterocycles. The van der Waals surface area contributed by atoms with E-state index in [1.165, 1.54) is 12.0 Å². The minimum Gasteiger partial charge on any atom is -0.462 e. The molecule has 1 fully saturated rings. The van der Waals surface area contributed by atoms with Crippen molar-refractivity contribution in [2.24, 2.45) is 5.73 Å². The predicted octanol–water partition coefficient (Wildman–Crippen LogP) is 1.53. The number of ether oxygens (including phenoxy) is 2. The molecule has 2 unspecified atom stereocenters. The standard InChI is InChI=1S/C11H20N2O3.C3H8.CH4O/c1-8(2)6-13-10-4-3-9(16-10)7-15-11(14)5-12;1-3-2;1-2/h6,9-10,13H,3-5,7,12H2,1-2H3;3H2,1-2H3;2H,1H3. The average molecular weight is 304 g/mol. The highest BCUT2D eigenvalue weighted by molar-refractivity contribution is 5.71. The molecule has 0 aromatic heterocycles. The van der Waals surface area contributed by atoms with Gasteiger partial charge in [-0.2, -0.15) is 0 Å². The van der Waals surface area contributed by atoms with Gasteiger partial charge in [-0.15, -0.1) is 0 Å². The number of nitrogens with two attached hydrogens (primary N) is 1. The van der Waals surface area contributed by atoms with Crippen molar-refractivity contribution >= 4 is 5.97 Å². The minimum absolute atomic E-state index is 0.0152. The zero-order valence-electron chi connectivity index (χ0n) is 14.0. The SMILES string of the molecule is CC(C)=CNC1CCC(COC(=O)CN)O1.CCC.CO. The van der Waals surface area contributed by atoms with Crippen LogP contribution < -0.4 is 11.1 Å². The first-order valence-electron chi connectivity index (χ1n) is 7.38. The summed E-state index contributed by atoms with van der Waals surface area (Å²) in [5.41, 5.74) is 6.33. The normalized spacial score (nSPS) is 19.4. The Labute approximate surface area is 128 Å². The summed E-state index contributed by atoms with van der Waals surface area (Å²) in [7, 11) is 1.00. The van der Waals surface area contributed by atoms with Gasteiger partial charge in [-0.3, -0.25) is 4.79 Å². The second-order valence-electron chi connectivity index (χ2n) is 4.81. The summed E-state index contributed by atoms with van der Waals surface area (Å²) >= 11 is 0. The second kappa shape index (κ2) is 15.3. The maximum atomic E-state index is 10.8. The van der Waals surface area contributed by atoms with Crippen molar-refractivity contribution in [3.63, 3.8) is 0 Å². The van der Waals surface area contributed by atoms with Crippen LogP contribution in [0.5, 0.6) is 0 Å². The molecule has 1 aliphatic rings. The first-order valence-corrected chi connectivity index (χ1v) is 7.38. The molecule has 0 aromatic rings. The number of aliphatic hydroxyl groups excluding tert-OH is 1. The largest absolute Gasteiger partial charge is 0.462 e. The van der Waals surface area contributed by atoms with Crippen molar-refractivity contribution in [2.75, 3.05) is 20.3 Å². The molecule has 4 N–H and O–H groups in total. The van der Waals surface area contributed by atoms with Crippen LogP contribution in [0, 0.1) is 0 Å². The van der Waals surface area contributed by atoms with E-state index >= 15 is 0 Å². The molecule has 0 radical (unpaired) electrons. The third-order valence-corrected chi connectivity index (χ3v) is 2.26. The number of esters is 1. The fraction of sp³-hybridized carbons (Fsp3) is 0.800. The highest BCUT2D eigenvalue weighted by Crippen LogP contribution is 2.18. The molecule has 0 aromatic carbocycles. The summed E-state index contributed by atoms with van der Waals surface area (Å²) in [5.74, 6) is -0.385. The number of allylic oxidation sites excluding steroid dienone is 1. The Bertz CT molecular complexity index is 279. The molecule has 0 spiro atoms.